The topological polar surface area (TPSA) is 71.4 Å². The molecule has 1 aromatic rings. The average Bonchev–Trinajstić information content (AvgIpc) is 3.03. The van der Waals surface area contributed by atoms with Crippen LogP contribution in [0.5, 0.6) is 11.5 Å². The number of nitriles is 1. The number of benzene rings is 1. The molecule has 0 saturated heterocycles. The van der Waals surface area contributed by atoms with E-state index >= 15 is 0 Å². The number of amides is 1. The average molecular weight is 391 g/mol. The fourth-order valence-corrected chi connectivity index (χ4v) is 3.74. The largest absolute Gasteiger partial charge is 0.454 e. The van der Waals surface area contributed by atoms with Gasteiger partial charge in [-0.2, -0.15) is 5.26 Å². The van der Waals surface area contributed by atoms with Crippen molar-refractivity contribution in [1.82, 2.24) is 5.32 Å². The third-order valence-corrected chi connectivity index (χ3v) is 5.14. The van der Waals surface area contributed by atoms with Gasteiger partial charge in [-0.15, -0.1) is 0 Å². The molecule has 24 heavy (non-hydrogen) atoms. The fourth-order valence-electron chi connectivity index (χ4n) is 3.16. The molecule has 2 atom stereocenters. The van der Waals surface area contributed by atoms with Crippen molar-refractivity contribution >= 4 is 27.9 Å². The molecule has 1 amide bonds. The van der Waals surface area contributed by atoms with Gasteiger partial charge in [-0.25, -0.2) is 0 Å². The highest BCUT2D eigenvalue weighted by Gasteiger charge is 2.24. The van der Waals surface area contributed by atoms with Crippen LogP contribution in [0.2, 0.25) is 0 Å². The Bertz CT molecular complexity index is 724. The minimum absolute atomic E-state index is 0.0959. The minimum atomic E-state index is -0.315. The van der Waals surface area contributed by atoms with Gasteiger partial charge in [-0.05, 0) is 58.5 Å². The lowest BCUT2D eigenvalue weighted by Crippen LogP contribution is -2.41. The fraction of sp³-hybridized carbons (Fsp3) is 0.444. The summed E-state index contributed by atoms with van der Waals surface area (Å²) in [6, 6.07) is 5.72. The van der Waals surface area contributed by atoms with Crippen molar-refractivity contribution in [2.24, 2.45) is 5.92 Å². The quantitative estimate of drug-likeness (QED) is 0.629. The molecule has 5 nitrogen and oxygen atoms in total. The van der Waals surface area contributed by atoms with Gasteiger partial charge in [0.05, 0.1) is 4.47 Å². The molecule has 1 saturated carbocycles. The van der Waals surface area contributed by atoms with Crippen LogP contribution in [0.3, 0.4) is 0 Å². The monoisotopic (exact) mass is 390 g/mol. The number of nitrogens with one attached hydrogen (secondary N) is 1. The lowest BCUT2D eigenvalue weighted by molar-refractivity contribution is -0.118. The van der Waals surface area contributed by atoms with Crippen LogP contribution in [0.1, 0.15) is 38.2 Å². The van der Waals surface area contributed by atoms with Crippen molar-refractivity contribution in [3.05, 3.63) is 27.7 Å². The van der Waals surface area contributed by atoms with E-state index in [1.165, 1.54) is 6.42 Å². The molecule has 0 bridgehead atoms. The van der Waals surface area contributed by atoms with Gasteiger partial charge >= 0.3 is 0 Å². The van der Waals surface area contributed by atoms with Crippen LogP contribution in [0, 0.1) is 17.2 Å². The number of carbonyl (C=O) groups is 1. The number of fused-ring (bicyclic) bond motifs is 1. The van der Waals surface area contributed by atoms with Gasteiger partial charge in [0, 0.05) is 6.04 Å². The first-order valence-electron chi connectivity index (χ1n) is 8.10. The third-order valence-electron chi connectivity index (χ3n) is 4.55. The van der Waals surface area contributed by atoms with E-state index in [4.69, 9.17) is 9.47 Å². The molecule has 0 spiro atoms. The molecule has 126 valence electrons. The summed E-state index contributed by atoms with van der Waals surface area (Å²) < 4.78 is 11.4. The molecule has 0 unspecified atom stereocenters. The Kier molecular flexibility index (Phi) is 5.10. The second kappa shape index (κ2) is 7.27. The van der Waals surface area contributed by atoms with Crippen LogP contribution in [0.25, 0.3) is 6.08 Å². The van der Waals surface area contributed by atoms with E-state index in [0.29, 0.717) is 17.4 Å². The lowest BCUT2D eigenvalue weighted by atomic mass is 9.86. The van der Waals surface area contributed by atoms with Crippen LogP contribution in [0.4, 0.5) is 0 Å². The normalized spacial score (nSPS) is 22.8. The molecule has 1 N–H and O–H groups in total. The highest BCUT2D eigenvalue weighted by molar-refractivity contribution is 9.10. The van der Waals surface area contributed by atoms with Gasteiger partial charge < -0.3 is 14.8 Å². The standard InChI is InChI=1S/C18H19BrN2O3/c1-11-4-2-3-5-15(11)21-18(22)13(9-20)6-12-7-14(19)17-16(8-12)23-10-24-17/h6-8,11,15H,2-5,10H2,1H3,(H,21,22)/b13-6-/t11-,15-/m0/s1. The van der Waals surface area contributed by atoms with E-state index in [0.717, 1.165) is 29.3 Å². The number of halogens is 1. The molecule has 1 heterocycles. The van der Waals surface area contributed by atoms with E-state index in [-0.39, 0.29) is 24.3 Å². The highest BCUT2D eigenvalue weighted by atomic mass is 79.9. The van der Waals surface area contributed by atoms with Crippen LogP contribution in [-0.4, -0.2) is 18.7 Å². The van der Waals surface area contributed by atoms with E-state index < -0.39 is 0 Å². The van der Waals surface area contributed by atoms with Gasteiger partial charge in [0.2, 0.25) is 6.79 Å². The minimum Gasteiger partial charge on any atom is -0.454 e. The van der Waals surface area contributed by atoms with Gasteiger partial charge in [0.1, 0.15) is 11.6 Å². The Balaban J connectivity index is 1.78. The highest BCUT2D eigenvalue weighted by Crippen LogP contribution is 2.40. The van der Waals surface area contributed by atoms with Crippen molar-refractivity contribution < 1.29 is 14.3 Å². The number of carbonyl (C=O) groups excluding carboxylic acids is 1. The van der Waals surface area contributed by atoms with Crippen molar-refractivity contribution in [2.45, 2.75) is 38.6 Å². The zero-order valence-corrected chi connectivity index (χ0v) is 15.1. The predicted molar refractivity (Wildman–Crippen MR) is 93.4 cm³/mol. The molecule has 6 heteroatoms. The Labute approximate surface area is 149 Å². The number of hydrogen-bond acceptors (Lipinski definition) is 4. The van der Waals surface area contributed by atoms with E-state index in [2.05, 4.69) is 28.2 Å². The zero-order valence-electron chi connectivity index (χ0n) is 13.5. The lowest BCUT2D eigenvalue weighted by Gasteiger charge is -2.29. The summed E-state index contributed by atoms with van der Waals surface area (Å²) in [5.41, 5.74) is 0.813. The van der Waals surface area contributed by atoms with Crippen LogP contribution in [-0.2, 0) is 4.79 Å². The van der Waals surface area contributed by atoms with E-state index in [1.807, 2.05) is 6.07 Å². The smallest absolute Gasteiger partial charge is 0.262 e. The third kappa shape index (κ3) is 3.57. The predicted octanol–water partition coefficient (Wildman–Crippen LogP) is 3.78. The molecular formula is C18H19BrN2O3. The summed E-state index contributed by atoms with van der Waals surface area (Å²) in [6.07, 6.45) is 6.00. The Morgan fingerprint density at radius 1 is 1.38 bits per heavy atom. The Hall–Kier alpha value is -2.00. The molecular weight excluding hydrogens is 372 g/mol. The van der Waals surface area contributed by atoms with Crippen LogP contribution in [0.15, 0.2) is 22.2 Å². The maximum Gasteiger partial charge on any atom is 0.262 e. The first-order valence-corrected chi connectivity index (χ1v) is 8.89. The summed E-state index contributed by atoms with van der Waals surface area (Å²) in [4.78, 5) is 12.4. The second-order valence-electron chi connectivity index (χ2n) is 6.25. The van der Waals surface area contributed by atoms with Crippen LogP contribution >= 0.6 is 15.9 Å². The molecule has 2 aliphatic rings. The Morgan fingerprint density at radius 2 is 2.17 bits per heavy atom. The first-order chi connectivity index (χ1) is 11.6. The van der Waals surface area contributed by atoms with Gasteiger partial charge in [0.15, 0.2) is 11.5 Å². The molecule has 1 aliphatic carbocycles. The number of nitrogens with zero attached hydrogens (tertiary/aromatic N) is 1. The summed E-state index contributed by atoms with van der Waals surface area (Å²) in [5, 5.41) is 12.4. The molecule has 0 aromatic heterocycles. The van der Waals surface area contributed by atoms with E-state index in [1.54, 1.807) is 18.2 Å². The summed E-state index contributed by atoms with van der Waals surface area (Å²) in [5.74, 6) is 1.38. The maximum atomic E-state index is 12.4. The van der Waals surface area contributed by atoms with E-state index in [9.17, 15) is 10.1 Å². The van der Waals surface area contributed by atoms with Gasteiger partial charge in [0.25, 0.3) is 5.91 Å². The van der Waals surface area contributed by atoms with Crippen molar-refractivity contribution in [2.75, 3.05) is 6.79 Å². The van der Waals surface area contributed by atoms with Crippen LogP contribution < -0.4 is 14.8 Å². The van der Waals surface area contributed by atoms with Crippen molar-refractivity contribution in [1.29, 1.82) is 5.26 Å². The number of ether oxygens (including phenoxy) is 2. The molecule has 0 radical (unpaired) electrons. The number of hydrogen-bond donors (Lipinski definition) is 1. The SMILES string of the molecule is C[C@H]1CCCC[C@@H]1NC(=O)/C(C#N)=C\c1cc(Br)c2c(c1)OCO2. The second-order valence-corrected chi connectivity index (χ2v) is 7.10. The molecule has 1 aromatic carbocycles. The van der Waals surface area contributed by atoms with Gasteiger partial charge in [-0.1, -0.05) is 19.8 Å². The molecule has 1 aliphatic heterocycles. The van der Waals surface area contributed by atoms with Gasteiger partial charge in [-0.3, -0.25) is 4.79 Å². The summed E-state index contributed by atoms with van der Waals surface area (Å²) >= 11 is 3.42. The summed E-state index contributed by atoms with van der Waals surface area (Å²) in [7, 11) is 0. The Morgan fingerprint density at radius 3 is 2.92 bits per heavy atom. The van der Waals surface area contributed by atoms with Crippen molar-refractivity contribution in [3.8, 4) is 17.6 Å². The number of rotatable bonds is 3. The molecule has 3 rings (SSSR count). The zero-order chi connectivity index (χ0) is 17.1. The maximum absolute atomic E-state index is 12.4. The first kappa shape index (κ1) is 16.8. The molecule has 1 fully saturated rings. The summed E-state index contributed by atoms with van der Waals surface area (Å²) in [6.45, 7) is 2.32. The van der Waals surface area contributed by atoms with Crippen molar-refractivity contribution in [3.63, 3.8) is 0 Å².